The number of amides is 1. The Hall–Kier alpha value is -0.660. The van der Waals surface area contributed by atoms with E-state index in [1.807, 2.05) is 11.8 Å². The molecule has 3 nitrogen and oxygen atoms in total. The number of rotatable bonds is 3. The molecule has 0 radical (unpaired) electrons. The van der Waals surface area contributed by atoms with Crippen molar-refractivity contribution in [3.63, 3.8) is 0 Å². The van der Waals surface area contributed by atoms with Crippen LogP contribution >= 0.6 is 11.8 Å². The number of hydrogen-bond donors (Lipinski definition) is 1. The first kappa shape index (κ1) is 13.8. The lowest BCUT2D eigenvalue weighted by atomic mass is 9.95. The molecule has 2 rings (SSSR count). The van der Waals surface area contributed by atoms with Crippen molar-refractivity contribution < 1.29 is 4.79 Å². The Morgan fingerprint density at radius 3 is 2.56 bits per heavy atom. The Labute approximate surface area is 114 Å². The maximum atomic E-state index is 12.2. The molecular formula is C14H22N2OS. The van der Waals surface area contributed by atoms with Crippen LogP contribution in [0.25, 0.3) is 0 Å². The summed E-state index contributed by atoms with van der Waals surface area (Å²) in [6.45, 7) is 2.64. The lowest BCUT2D eigenvalue weighted by molar-refractivity contribution is -0.127. The lowest BCUT2D eigenvalue weighted by Crippen LogP contribution is -2.44. The Morgan fingerprint density at radius 2 is 1.94 bits per heavy atom. The molecule has 0 atom stereocenters. The number of hydrogen-bond acceptors (Lipinski definition) is 3. The first-order valence-corrected chi connectivity index (χ1v) is 7.99. The minimum atomic E-state index is 0.202. The number of carbonyl (C=O) groups excluding carboxylic acids is 1. The van der Waals surface area contributed by atoms with Crippen molar-refractivity contribution in [2.24, 2.45) is 5.92 Å². The average Bonchev–Trinajstić information content (AvgIpc) is 2.41. The van der Waals surface area contributed by atoms with Crippen molar-refractivity contribution >= 4 is 17.7 Å². The first-order chi connectivity index (χ1) is 8.79. The number of nitrogens with zero attached hydrogens (tertiary/aromatic N) is 1. The standard InChI is InChI=1S/C14H22N2OS/c1-2-7-16-8-3-12(4-9-16)14(17)15-13-5-10-18-11-6-13/h1,12-13H,3-11H2,(H,15,17). The van der Waals surface area contributed by atoms with Crippen molar-refractivity contribution in [3.8, 4) is 12.3 Å². The van der Waals surface area contributed by atoms with E-state index in [9.17, 15) is 4.79 Å². The highest BCUT2D eigenvalue weighted by atomic mass is 32.2. The SMILES string of the molecule is C#CCN1CCC(C(=O)NC2CCSCC2)CC1. The van der Waals surface area contributed by atoms with Crippen LogP contribution in [0, 0.1) is 18.3 Å². The van der Waals surface area contributed by atoms with Gasteiger partial charge in [-0.15, -0.1) is 6.42 Å². The van der Waals surface area contributed by atoms with Crippen LogP contribution in [-0.2, 0) is 4.79 Å². The van der Waals surface area contributed by atoms with Gasteiger partial charge in [0.1, 0.15) is 0 Å². The summed E-state index contributed by atoms with van der Waals surface area (Å²) in [7, 11) is 0. The summed E-state index contributed by atoms with van der Waals surface area (Å²) in [6.07, 6.45) is 9.47. The number of likely N-dealkylation sites (tertiary alicyclic amines) is 1. The highest BCUT2D eigenvalue weighted by Gasteiger charge is 2.26. The molecule has 0 aliphatic carbocycles. The van der Waals surface area contributed by atoms with Crippen molar-refractivity contribution in [1.82, 2.24) is 10.2 Å². The van der Waals surface area contributed by atoms with Gasteiger partial charge in [-0.3, -0.25) is 9.69 Å². The maximum Gasteiger partial charge on any atom is 0.223 e. The Balaban J connectivity index is 1.72. The topological polar surface area (TPSA) is 32.3 Å². The number of nitrogens with one attached hydrogen (secondary N) is 1. The molecule has 18 heavy (non-hydrogen) atoms. The smallest absolute Gasteiger partial charge is 0.223 e. The van der Waals surface area contributed by atoms with Gasteiger partial charge in [0.25, 0.3) is 0 Å². The molecule has 100 valence electrons. The molecule has 0 spiro atoms. The van der Waals surface area contributed by atoms with Crippen LogP contribution in [0.4, 0.5) is 0 Å². The molecule has 2 fully saturated rings. The Bertz CT molecular complexity index is 312. The molecule has 1 amide bonds. The van der Waals surface area contributed by atoms with Gasteiger partial charge < -0.3 is 5.32 Å². The third kappa shape index (κ3) is 3.93. The van der Waals surface area contributed by atoms with Crippen molar-refractivity contribution in [1.29, 1.82) is 0 Å². The van der Waals surface area contributed by atoms with Crippen LogP contribution in [0.1, 0.15) is 25.7 Å². The summed E-state index contributed by atoms with van der Waals surface area (Å²) < 4.78 is 0. The Morgan fingerprint density at radius 1 is 1.28 bits per heavy atom. The first-order valence-electron chi connectivity index (χ1n) is 6.83. The fourth-order valence-electron chi connectivity index (χ4n) is 2.64. The fourth-order valence-corrected chi connectivity index (χ4v) is 3.75. The van der Waals surface area contributed by atoms with Gasteiger partial charge >= 0.3 is 0 Å². The molecule has 0 unspecified atom stereocenters. The quantitative estimate of drug-likeness (QED) is 0.783. The molecule has 2 aliphatic heterocycles. The summed E-state index contributed by atoms with van der Waals surface area (Å²) in [6, 6.07) is 0.419. The van der Waals surface area contributed by atoms with Crippen LogP contribution < -0.4 is 5.32 Å². The summed E-state index contributed by atoms with van der Waals surface area (Å²) in [5, 5.41) is 3.22. The van der Waals surface area contributed by atoms with Crippen LogP contribution in [0.3, 0.4) is 0 Å². The van der Waals surface area contributed by atoms with Gasteiger partial charge in [0.2, 0.25) is 5.91 Å². The highest BCUT2D eigenvalue weighted by Crippen LogP contribution is 2.20. The molecule has 1 N–H and O–H groups in total. The molecule has 4 heteroatoms. The van der Waals surface area contributed by atoms with Crippen LogP contribution in [0.15, 0.2) is 0 Å². The molecule has 0 saturated carbocycles. The van der Waals surface area contributed by atoms with Crippen molar-refractivity contribution in [2.45, 2.75) is 31.7 Å². The van der Waals surface area contributed by atoms with Gasteiger partial charge in [0.15, 0.2) is 0 Å². The van der Waals surface area contributed by atoms with E-state index in [4.69, 9.17) is 6.42 Å². The van der Waals surface area contributed by atoms with Crippen molar-refractivity contribution in [3.05, 3.63) is 0 Å². The van der Waals surface area contributed by atoms with Gasteiger partial charge in [-0.05, 0) is 50.3 Å². The van der Waals surface area contributed by atoms with E-state index < -0.39 is 0 Å². The average molecular weight is 266 g/mol. The molecule has 2 saturated heterocycles. The second kappa shape index (κ2) is 7.06. The van der Waals surface area contributed by atoms with Gasteiger partial charge in [0.05, 0.1) is 6.54 Å². The summed E-state index contributed by atoms with van der Waals surface area (Å²) in [5.41, 5.74) is 0. The van der Waals surface area contributed by atoms with E-state index in [0.29, 0.717) is 12.6 Å². The van der Waals surface area contributed by atoms with Crippen LogP contribution in [-0.4, -0.2) is 48.0 Å². The van der Waals surface area contributed by atoms with Gasteiger partial charge in [-0.25, -0.2) is 0 Å². The zero-order chi connectivity index (χ0) is 12.8. The zero-order valence-corrected chi connectivity index (χ0v) is 11.7. The third-order valence-corrected chi connectivity index (χ3v) is 4.89. The number of terminal acetylenes is 1. The summed E-state index contributed by atoms with van der Waals surface area (Å²) in [5.74, 6) is 5.52. The minimum absolute atomic E-state index is 0.202. The van der Waals surface area contributed by atoms with E-state index in [-0.39, 0.29) is 11.8 Å². The molecule has 2 aliphatic rings. The number of piperidine rings is 1. The monoisotopic (exact) mass is 266 g/mol. The zero-order valence-electron chi connectivity index (χ0n) is 10.9. The van der Waals surface area contributed by atoms with Gasteiger partial charge in [-0.1, -0.05) is 5.92 Å². The highest BCUT2D eigenvalue weighted by molar-refractivity contribution is 7.99. The van der Waals surface area contributed by atoms with Crippen molar-refractivity contribution in [2.75, 3.05) is 31.1 Å². The van der Waals surface area contributed by atoms with E-state index in [2.05, 4.69) is 16.1 Å². The molecule has 0 aromatic carbocycles. The second-order valence-corrected chi connectivity index (χ2v) is 6.37. The normalized spacial score (nSPS) is 23.5. The van der Waals surface area contributed by atoms with Gasteiger partial charge in [-0.2, -0.15) is 11.8 Å². The number of carbonyl (C=O) groups is 1. The molecule has 0 aromatic heterocycles. The fraction of sp³-hybridized carbons (Fsp3) is 0.786. The van der Waals surface area contributed by atoms with E-state index in [0.717, 1.165) is 38.8 Å². The summed E-state index contributed by atoms with van der Waals surface area (Å²) in [4.78, 5) is 14.4. The molecule has 2 heterocycles. The predicted molar refractivity (Wildman–Crippen MR) is 76.5 cm³/mol. The van der Waals surface area contributed by atoms with E-state index in [1.165, 1.54) is 11.5 Å². The molecule has 0 bridgehead atoms. The van der Waals surface area contributed by atoms with Gasteiger partial charge in [0, 0.05) is 12.0 Å². The molecule has 0 aromatic rings. The maximum absolute atomic E-state index is 12.2. The van der Waals surface area contributed by atoms with E-state index in [1.54, 1.807) is 0 Å². The molecular weight excluding hydrogens is 244 g/mol. The lowest BCUT2D eigenvalue weighted by Gasteiger charge is -2.31. The van der Waals surface area contributed by atoms with E-state index >= 15 is 0 Å². The summed E-state index contributed by atoms with van der Waals surface area (Å²) >= 11 is 1.99. The number of thioether (sulfide) groups is 1. The predicted octanol–water partition coefficient (Wildman–Crippen LogP) is 1.34. The third-order valence-electron chi connectivity index (χ3n) is 3.84. The largest absolute Gasteiger partial charge is 0.353 e. The van der Waals surface area contributed by atoms with Crippen LogP contribution in [0.2, 0.25) is 0 Å². The minimum Gasteiger partial charge on any atom is -0.353 e. The Kier molecular flexibility index (Phi) is 5.40. The second-order valence-electron chi connectivity index (χ2n) is 5.15. The van der Waals surface area contributed by atoms with Crippen LogP contribution in [0.5, 0.6) is 0 Å².